The molecule has 1 fully saturated rings. The van der Waals surface area contributed by atoms with E-state index in [4.69, 9.17) is 13.8 Å². The number of esters is 1. The molecular formula is C29H36N3O7P. The fourth-order valence-electron chi connectivity index (χ4n) is 5.27. The van der Waals surface area contributed by atoms with Crippen LogP contribution in [-0.4, -0.2) is 48.2 Å². The summed E-state index contributed by atoms with van der Waals surface area (Å²) >= 11 is 0. The number of nitrogens with zero attached hydrogens (tertiary/aromatic N) is 2. The SMILES string of the molecule is CC1=C(C(=O)OCCN(C)Cc2ccccc2)C(c2cccc([N+](=O)[O-])c2)C(P2(=O)OC(C)CC(C)O2)=C(C)N1. The van der Waals surface area contributed by atoms with E-state index in [1.54, 1.807) is 26.0 Å². The minimum atomic E-state index is -3.90. The van der Waals surface area contributed by atoms with E-state index in [0.29, 0.717) is 36.5 Å². The van der Waals surface area contributed by atoms with Crippen LogP contribution < -0.4 is 5.32 Å². The molecule has 2 heterocycles. The Morgan fingerprint density at radius 2 is 1.77 bits per heavy atom. The van der Waals surface area contributed by atoms with E-state index in [0.717, 1.165) is 5.56 Å². The number of nitro benzene ring substituents is 1. The Labute approximate surface area is 234 Å². The molecule has 0 amide bonds. The Hall–Kier alpha value is -3.30. The van der Waals surface area contributed by atoms with Crippen molar-refractivity contribution in [1.29, 1.82) is 0 Å². The van der Waals surface area contributed by atoms with Crippen LogP contribution in [0.5, 0.6) is 0 Å². The second-order valence-corrected chi connectivity index (χ2v) is 12.3. The molecule has 1 saturated heterocycles. The average molecular weight is 570 g/mol. The lowest BCUT2D eigenvalue weighted by atomic mass is 9.86. The summed E-state index contributed by atoms with van der Waals surface area (Å²) < 4.78 is 31.9. The first kappa shape index (κ1) is 29.7. The van der Waals surface area contributed by atoms with Gasteiger partial charge < -0.3 is 19.1 Å². The monoisotopic (exact) mass is 569 g/mol. The molecule has 0 bridgehead atoms. The fraction of sp³-hybridized carbons (Fsp3) is 0.414. The van der Waals surface area contributed by atoms with Crippen LogP contribution in [0.3, 0.4) is 0 Å². The molecule has 2 aliphatic heterocycles. The van der Waals surface area contributed by atoms with Crippen molar-refractivity contribution in [3.05, 3.63) is 98.1 Å². The Bertz CT molecular complexity index is 1360. The Morgan fingerprint density at radius 3 is 2.42 bits per heavy atom. The second kappa shape index (κ2) is 12.5. The molecule has 0 spiro atoms. The molecule has 2 aliphatic rings. The zero-order valence-corrected chi connectivity index (χ0v) is 24.4. The van der Waals surface area contributed by atoms with Crippen LogP contribution in [0.25, 0.3) is 0 Å². The minimum Gasteiger partial charge on any atom is -0.461 e. The molecule has 0 radical (unpaired) electrons. The number of carbonyl (C=O) groups excluding carboxylic acids is 1. The highest BCUT2D eigenvalue weighted by Crippen LogP contribution is 2.67. The maximum Gasteiger partial charge on any atom is 0.360 e. The van der Waals surface area contributed by atoms with Crippen molar-refractivity contribution in [3.63, 3.8) is 0 Å². The van der Waals surface area contributed by atoms with Gasteiger partial charge in [0.25, 0.3) is 5.69 Å². The molecule has 0 aliphatic carbocycles. The largest absolute Gasteiger partial charge is 0.461 e. The summed E-state index contributed by atoms with van der Waals surface area (Å²) in [5.74, 6) is -1.54. The Kier molecular flexibility index (Phi) is 9.26. The average Bonchev–Trinajstić information content (AvgIpc) is 2.87. The first-order valence-corrected chi connectivity index (χ1v) is 14.8. The molecule has 214 valence electrons. The van der Waals surface area contributed by atoms with Crippen LogP contribution in [0.15, 0.2) is 76.9 Å². The van der Waals surface area contributed by atoms with E-state index in [1.807, 2.05) is 56.1 Å². The number of benzene rings is 2. The van der Waals surface area contributed by atoms with E-state index < -0.39 is 24.4 Å². The van der Waals surface area contributed by atoms with Crippen molar-refractivity contribution in [2.24, 2.45) is 0 Å². The molecule has 1 N–H and O–H groups in total. The first-order chi connectivity index (χ1) is 19.0. The van der Waals surface area contributed by atoms with E-state index in [2.05, 4.69) is 5.32 Å². The summed E-state index contributed by atoms with van der Waals surface area (Å²) in [4.78, 5) is 26.8. The number of carbonyl (C=O) groups is 1. The van der Waals surface area contributed by atoms with Crippen LogP contribution in [-0.2, 0) is 29.7 Å². The highest BCUT2D eigenvalue weighted by Gasteiger charge is 2.48. The number of rotatable bonds is 9. The van der Waals surface area contributed by atoms with Gasteiger partial charge in [-0.1, -0.05) is 42.5 Å². The molecule has 40 heavy (non-hydrogen) atoms. The lowest BCUT2D eigenvalue weighted by molar-refractivity contribution is -0.384. The van der Waals surface area contributed by atoms with Crippen molar-refractivity contribution in [2.75, 3.05) is 20.2 Å². The van der Waals surface area contributed by atoms with Crippen LogP contribution in [0.4, 0.5) is 5.69 Å². The molecule has 3 atom stereocenters. The summed E-state index contributed by atoms with van der Waals surface area (Å²) in [6, 6.07) is 16.0. The standard InChI is InChI=1S/C29H36N3O7P/c1-19-16-20(2)39-40(36,38-19)28-22(4)30-21(3)26(27(28)24-12-9-13-25(17-24)32(34)35)29(33)37-15-14-31(5)18-23-10-7-6-8-11-23/h6-13,17,19-20,27,30H,14-16,18H2,1-5H3. The lowest BCUT2D eigenvalue weighted by Crippen LogP contribution is -2.33. The molecule has 4 rings (SSSR count). The van der Waals surface area contributed by atoms with Crippen molar-refractivity contribution in [3.8, 4) is 0 Å². The molecule has 3 unspecified atom stereocenters. The predicted molar refractivity (Wildman–Crippen MR) is 151 cm³/mol. The van der Waals surface area contributed by atoms with Gasteiger partial charge in [-0.15, -0.1) is 0 Å². The van der Waals surface area contributed by atoms with E-state index in [-0.39, 0.29) is 35.4 Å². The van der Waals surface area contributed by atoms with Gasteiger partial charge in [0.15, 0.2) is 0 Å². The van der Waals surface area contributed by atoms with Crippen molar-refractivity contribution in [2.45, 2.75) is 58.8 Å². The van der Waals surface area contributed by atoms with Gasteiger partial charge >= 0.3 is 13.6 Å². The number of hydrogen-bond acceptors (Lipinski definition) is 9. The van der Waals surface area contributed by atoms with E-state index in [9.17, 15) is 19.5 Å². The number of allylic oxidation sites excluding steroid dienone is 3. The number of non-ortho nitro benzene ring substituents is 1. The molecule has 2 aromatic carbocycles. The zero-order valence-electron chi connectivity index (χ0n) is 23.5. The Morgan fingerprint density at radius 1 is 1.10 bits per heavy atom. The van der Waals surface area contributed by atoms with Gasteiger partial charge in [0.2, 0.25) is 0 Å². The minimum absolute atomic E-state index is 0.122. The molecule has 0 aromatic heterocycles. The number of likely N-dealkylation sites (N-methyl/N-ethyl adjacent to an activating group) is 1. The third kappa shape index (κ3) is 6.70. The highest BCUT2D eigenvalue weighted by molar-refractivity contribution is 7.58. The zero-order chi connectivity index (χ0) is 29.0. The molecule has 0 saturated carbocycles. The number of dihydropyridines is 1. The molecule has 2 aromatic rings. The summed E-state index contributed by atoms with van der Waals surface area (Å²) in [6.07, 6.45) is -0.128. The third-order valence-corrected chi connectivity index (χ3v) is 9.42. The van der Waals surface area contributed by atoms with Gasteiger partial charge in [0.1, 0.15) is 6.61 Å². The number of ether oxygens (including phenoxy) is 1. The van der Waals surface area contributed by atoms with E-state index in [1.165, 1.54) is 12.1 Å². The molecule has 10 nitrogen and oxygen atoms in total. The van der Waals surface area contributed by atoms with Gasteiger partial charge in [-0.3, -0.25) is 19.6 Å². The lowest BCUT2D eigenvalue weighted by Gasteiger charge is -2.39. The van der Waals surface area contributed by atoms with Crippen molar-refractivity contribution in [1.82, 2.24) is 10.2 Å². The van der Waals surface area contributed by atoms with Gasteiger partial charge in [0, 0.05) is 43.0 Å². The number of hydrogen-bond donors (Lipinski definition) is 1. The smallest absolute Gasteiger partial charge is 0.360 e. The van der Waals surface area contributed by atoms with Crippen LogP contribution in [0.2, 0.25) is 0 Å². The summed E-state index contributed by atoms with van der Waals surface area (Å²) in [5, 5.41) is 15.0. The van der Waals surface area contributed by atoms with Crippen LogP contribution in [0, 0.1) is 10.1 Å². The van der Waals surface area contributed by atoms with Gasteiger partial charge in [-0.05, 0) is 45.9 Å². The van der Waals surface area contributed by atoms with Gasteiger partial charge in [-0.25, -0.2) is 4.79 Å². The summed E-state index contributed by atoms with van der Waals surface area (Å²) in [7, 11) is -1.96. The van der Waals surface area contributed by atoms with Crippen LogP contribution in [0.1, 0.15) is 51.2 Å². The van der Waals surface area contributed by atoms with Gasteiger partial charge in [-0.2, -0.15) is 0 Å². The maximum absolute atomic E-state index is 14.3. The topological polar surface area (TPSA) is 120 Å². The fourth-order valence-corrected chi connectivity index (χ4v) is 7.73. The number of nitro groups is 1. The summed E-state index contributed by atoms with van der Waals surface area (Å²) in [6.45, 7) is 8.41. The van der Waals surface area contributed by atoms with Gasteiger partial charge in [0.05, 0.1) is 33.9 Å². The predicted octanol–water partition coefficient (Wildman–Crippen LogP) is 5.87. The first-order valence-electron chi connectivity index (χ1n) is 13.3. The third-order valence-electron chi connectivity index (χ3n) is 6.96. The molecule has 11 heteroatoms. The quantitative estimate of drug-likeness (QED) is 0.171. The van der Waals surface area contributed by atoms with Crippen LogP contribution >= 0.6 is 7.60 Å². The highest BCUT2D eigenvalue weighted by atomic mass is 31.2. The Balaban J connectivity index is 1.65. The normalized spacial score (nSPS) is 25.1. The maximum atomic E-state index is 14.3. The van der Waals surface area contributed by atoms with Crippen molar-refractivity contribution >= 4 is 19.3 Å². The summed E-state index contributed by atoms with van der Waals surface area (Å²) in [5.41, 5.74) is 2.64. The van der Waals surface area contributed by atoms with Crippen molar-refractivity contribution < 1.29 is 28.1 Å². The second-order valence-electron chi connectivity index (χ2n) is 10.4. The molecular weight excluding hydrogens is 533 g/mol. The van der Waals surface area contributed by atoms with E-state index >= 15 is 0 Å². The number of nitrogens with one attached hydrogen (secondary N) is 1.